The fourth-order valence-electron chi connectivity index (χ4n) is 4.29. The predicted octanol–water partition coefficient (Wildman–Crippen LogP) is 5.14. The Hall–Kier alpha value is -5.18. The molecule has 0 aliphatic carbocycles. The Morgan fingerprint density at radius 2 is 1.65 bits per heavy atom. The Morgan fingerprint density at radius 1 is 0.892 bits per heavy atom. The first-order valence-corrected chi connectivity index (χ1v) is 11.2. The van der Waals surface area contributed by atoms with Gasteiger partial charge in [0.25, 0.3) is 17.5 Å². The molecule has 8 nitrogen and oxygen atoms in total. The van der Waals surface area contributed by atoms with Crippen LogP contribution in [0, 0.1) is 15.9 Å². The van der Waals surface area contributed by atoms with Crippen LogP contribution in [0.4, 0.5) is 20.6 Å². The van der Waals surface area contributed by atoms with Gasteiger partial charge >= 0.3 is 6.03 Å². The van der Waals surface area contributed by atoms with E-state index in [1.54, 1.807) is 30.3 Å². The van der Waals surface area contributed by atoms with Crippen molar-refractivity contribution < 1.29 is 23.7 Å². The second-order valence-corrected chi connectivity index (χ2v) is 8.36. The molecule has 1 aliphatic rings. The number of hydrogen-bond acceptors (Lipinski definition) is 5. The molecular weight excluding hydrogens is 477 g/mol. The minimum atomic E-state index is -1.02. The Balaban J connectivity index is 1.65. The molecule has 1 aliphatic heterocycles. The normalized spacial score (nSPS) is 14.8. The summed E-state index contributed by atoms with van der Waals surface area (Å²) in [5, 5.41) is 14.9. The SMILES string of the molecule is O=C1NC(=O)N(c2cccc([N+](=O)[O-])c2)C(=O)/C1=C/c1c(Cc2ccccc2F)ccc2ccccc12. The third kappa shape index (κ3) is 4.45. The highest BCUT2D eigenvalue weighted by molar-refractivity contribution is 6.39. The first-order valence-electron chi connectivity index (χ1n) is 11.2. The van der Waals surface area contributed by atoms with Crippen LogP contribution < -0.4 is 10.2 Å². The average Bonchev–Trinajstić information content (AvgIpc) is 2.88. The number of carbonyl (C=O) groups is 3. The summed E-state index contributed by atoms with van der Waals surface area (Å²) in [5.41, 5.74) is 0.910. The van der Waals surface area contributed by atoms with Gasteiger partial charge in [-0.25, -0.2) is 14.1 Å². The Kier molecular flexibility index (Phi) is 6.02. The van der Waals surface area contributed by atoms with Crippen LogP contribution in [0.5, 0.6) is 0 Å². The van der Waals surface area contributed by atoms with Crippen molar-refractivity contribution in [2.24, 2.45) is 0 Å². The summed E-state index contributed by atoms with van der Waals surface area (Å²) in [4.78, 5) is 50.1. The molecule has 1 fully saturated rings. The number of non-ortho nitro benzene ring substituents is 1. The number of carbonyl (C=O) groups excluding carboxylic acids is 3. The summed E-state index contributed by atoms with van der Waals surface area (Å²) >= 11 is 0. The lowest BCUT2D eigenvalue weighted by Gasteiger charge is -2.26. The van der Waals surface area contributed by atoms with Crippen LogP contribution in [0.3, 0.4) is 0 Å². The molecule has 5 rings (SSSR count). The van der Waals surface area contributed by atoms with E-state index in [-0.39, 0.29) is 29.2 Å². The van der Waals surface area contributed by atoms with Crippen molar-refractivity contribution in [2.75, 3.05) is 4.90 Å². The molecule has 9 heteroatoms. The third-order valence-corrected chi connectivity index (χ3v) is 6.09. The van der Waals surface area contributed by atoms with Crippen LogP contribution in [-0.2, 0) is 16.0 Å². The molecule has 1 saturated heterocycles. The Bertz CT molecular complexity index is 1650. The number of hydrogen-bond donors (Lipinski definition) is 1. The average molecular weight is 495 g/mol. The van der Waals surface area contributed by atoms with Crippen LogP contribution in [-0.4, -0.2) is 22.8 Å². The van der Waals surface area contributed by atoms with Gasteiger partial charge in [0.2, 0.25) is 0 Å². The smallest absolute Gasteiger partial charge is 0.273 e. The van der Waals surface area contributed by atoms with E-state index in [4.69, 9.17) is 0 Å². The molecule has 0 aromatic heterocycles. The summed E-state index contributed by atoms with van der Waals surface area (Å²) in [6.07, 6.45) is 1.58. The second kappa shape index (κ2) is 9.46. The molecule has 37 heavy (non-hydrogen) atoms. The number of urea groups is 1. The van der Waals surface area contributed by atoms with Gasteiger partial charge in [0.1, 0.15) is 11.4 Å². The lowest BCUT2D eigenvalue weighted by molar-refractivity contribution is -0.384. The zero-order chi connectivity index (χ0) is 26.1. The number of nitrogens with zero attached hydrogens (tertiary/aromatic N) is 2. The fraction of sp³-hybridized carbons (Fsp3) is 0.0357. The van der Waals surface area contributed by atoms with Crippen LogP contribution in [0.1, 0.15) is 16.7 Å². The van der Waals surface area contributed by atoms with Gasteiger partial charge in [-0.1, -0.05) is 60.7 Å². The highest BCUT2D eigenvalue weighted by atomic mass is 19.1. The van der Waals surface area contributed by atoms with Gasteiger partial charge < -0.3 is 0 Å². The number of anilines is 1. The van der Waals surface area contributed by atoms with E-state index in [0.29, 0.717) is 21.6 Å². The Labute approximate surface area is 209 Å². The van der Waals surface area contributed by atoms with Gasteiger partial charge in [-0.3, -0.25) is 25.0 Å². The number of benzene rings is 4. The maximum atomic E-state index is 14.4. The summed E-state index contributed by atoms with van der Waals surface area (Å²) in [6.45, 7) is 0. The van der Waals surface area contributed by atoms with Crippen molar-refractivity contribution in [1.82, 2.24) is 5.32 Å². The molecule has 4 amide bonds. The molecule has 0 atom stereocenters. The van der Waals surface area contributed by atoms with E-state index in [9.17, 15) is 28.9 Å². The predicted molar refractivity (Wildman–Crippen MR) is 135 cm³/mol. The molecular formula is C28H18FN3O5. The van der Waals surface area contributed by atoms with Gasteiger partial charge in [0.05, 0.1) is 10.6 Å². The molecule has 1 heterocycles. The lowest BCUT2D eigenvalue weighted by Crippen LogP contribution is -2.54. The molecule has 0 saturated carbocycles. The number of amides is 4. The topological polar surface area (TPSA) is 110 Å². The summed E-state index contributed by atoms with van der Waals surface area (Å²) in [6, 6.07) is 21.3. The summed E-state index contributed by atoms with van der Waals surface area (Å²) in [5.74, 6) is -2.22. The van der Waals surface area contributed by atoms with E-state index >= 15 is 0 Å². The van der Waals surface area contributed by atoms with Gasteiger partial charge in [-0.05, 0) is 45.7 Å². The number of rotatable bonds is 5. The molecule has 4 aromatic rings. The summed E-state index contributed by atoms with van der Waals surface area (Å²) in [7, 11) is 0. The van der Waals surface area contributed by atoms with E-state index in [1.807, 2.05) is 24.3 Å². The standard InChI is InChI=1S/C28H18FN3O5/c29-25-11-4-2-7-19(25)14-18-13-12-17-6-1-3-10-22(17)23(18)16-24-26(33)30-28(35)31(27(24)34)20-8-5-9-21(15-20)32(36)37/h1-13,15-16H,14H2,(H,30,33,35)/b24-16+. The number of halogens is 1. The lowest BCUT2D eigenvalue weighted by atomic mass is 9.92. The maximum Gasteiger partial charge on any atom is 0.335 e. The van der Waals surface area contributed by atoms with Gasteiger partial charge in [-0.15, -0.1) is 0 Å². The van der Waals surface area contributed by atoms with Gasteiger partial charge in [-0.2, -0.15) is 0 Å². The van der Waals surface area contributed by atoms with Crippen LogP contribution in [0.25, 0.3) is 16.8 Å². The number of nitro groups is 1. The van der Waals surface area contributed by atoms with Crippen molar-refractivity contribution in [2.45, 2.75) is 6.42 Å². The van der Waals surface area contributed by atoms with E-state index in [2.05, 4.69) is 5.32 Å². The fourth-order valence-corrected chi connectivity index (χ4v) is 4.29. The van der Waals surface area contributed by atoms with Crippen LogP contribution in [0.2, 0.25) is 0 Å². The number of fused-ring (bicyclic) bond motifs is 1. The molecule has 4 aromatic carbocycles. The molecule has 0 radical (unpaired) electrons. The highest BCUT2D eigenvalue weighted by Crippen LogP contribution is 2.30. The molecule has 0 bridgehead atoms. The van der Waals surface area contributed by atoms with E-state index in [1.165, 1.54) is 30.3 Å². The van der Waals surface area contributed by atoms with Crippen molar-refractivity contribution in [3.05, 3.63) is 123 Å². The number of imide groups is 2. The molecule has 0 unspecified atom stereocenters. The second-order valence-electron chi connectivity index (χ2n) is 8.36. The minimum Gasteiger partial charge on any atom is -0.273 e. The number of nitrogens with one attached hydrogen (secondary N) is 1. The number of barbiturate groups is 1. The maximum absolute atomic E-state index is 14.4. The first kappa shape index (κ1) is 23.6. The van der Waals surface area contributed by atoms with Crippen molar-refractivity contribution >= 4 is 46.1 Å². The Morgan fingerprint density at radius 3 is 2.43 bits per heavy atom. The minimum absolute atomic E-state index is 0.0559. The monoisotopic (exact) mass is 495 g/mol. The molecule has 0 spiro atoms. The van der Waals surface area contributed by atoms with Gasteiger partial charge in [0.15, 0.2) is 0 Å². The zero-order valence-electron chi connectivity index (χ0n) is 19.2. The summed E-state index contributed by atoms with van der Waals surface area (Å²) < 4.78 is 14.4. The van der Waals surface area contributed by atoms with Gasteiger partial charge in [0, 0.05) is 18.6 Å². The van der Waals surface area contributed by atoms with Crippen molar-refractivity contribution in [3.8, 4) is 0 Å². The van der Waals surface area contributed by atoms with Crippen molar-refractivity contribution in [3.63, 3.8) is 0 Å². The molecule has 182 valence electrons. The zero-order valence-corrected chi connectivity index (χ0v) is 19.2. The molecule has 1 N–H and O–H groups in total. The van der Waals surface area contributed by atoms with Crippen LogP contribution >= 0.6 is 0 Å². The highest BCUT2D eigenvalue weighted by Gasteiger charge is 2.37. The number of nitro benzene ring substituents is 1. The first-order chi connectivity index (χ1) is 17.8. The van der Waals surface area contributed by atoms with E-state index < -0.39 is 22.8 Å². The van der Waals surface area contributed by atoms with Crippen LogP contribution in [0.15, 0.2) is 90.5 Å². The van der Waals surface area contributed by atoms with E-state index in [0.717, 1.165) is 16.8 Å². The largest absolute Gasteiger partial charge is 0.335 e. The quantitative estimate of drug-likeness (QED) is 0.178. The van der Waals surface area contributed by atoms with Crippen molar-refractivity contribution in [1.29, 1.82) is 0 Å². The third-order valence-electron chi connectivity index (χ3n) is 6.09.